The molecule has 0 saturated carbocycles. The number of carbonyl (C=O) groups is 1. The van der Waals surface area contributed by atoms with Crippen LogP contribution in [0.15, 0.2) is 36.7 Å². The van der Waals surface area contributed by atoms with Crippen molar-refractivity contribution in [2.75, 3.05) is 37.6 Å². The summed E-state index contributed by atoms with van der Waals surface area (Å²) < 4.78 is 38.7. The number of nitrogens with zero attached hydrogens (tertiary/aromatic N) is 4. The molecular formula is C20H23F3N6O. The molecule has 2 saturated heterocycles. The zero-order chi connectivity index (χ0) is 21.3. The van der Waals surface area contributed by atoms with E-state index in [2.05, 4.69) is 26.9 Å². The molecule has 0 bridgehead atoms. The summed E-state index contributed by atoms with van der Waals surface area (Å²) in [6, 6.07) is 8.89. The molecule has 1 amide bonds. The van der Waals surface area contributed by atoms with Gasteiger partial charge in [0.05, 0.1) is 12.0 Å². The van der Waals surface area contributed by atoms with E-state index in [1.807, 2.05) is 25.1 Å². The molecule has 2 unspecified atom stereocenters. The number of aromatic nitrogens is 2. The van der Waals surface area contributed by atoms with E-state index >= 15 is 0 Å². The van der Waals surface area contributed by atoms with E-state index in [1.54, 1.807) is 9.80 Å². The molecule has 1 aromatic heterocycles. The van der Waals surface area contributed by atoms with Crippen molar-refractivity contribution in [3.05, 3.63) is 53.5 Å². The van der Waals surface area contributed by atoms with Crippen molar-refractivity contribution in [1.29, 1.82) is 0 Å². The lowest BCUT2D eigenvalue weighted by Crippen LogP contribution is -2.51. The third-order valence-corrected chi connectivity index (χ3v) is 5.56. The third kappa shape index (κ3) is 4.24. The number of amides is 1. The molecule has 0 spiro atoms. The molecule has 10 heteroatoms. The standard InChI is InChI=1S/C20H23F3N6O/c1-13-3-2-4-14(9-13)18-15(11-26-27-18)19(30)29-7-5-28(6-8-29)17-10-16(20(21,22)23)24-12-25-17/h2-4,9-10,12,15,18,26-27H,5-8,11H2,1H3. The van der Waals surface area contributed by atoms with Crippen LogP contribution in [0.1, 0.15) is 22.9 Å². The van der Waals surface area contributed by atoms with Crippen LogP contribution in [0, 0.1) is 12.8 Å². The fourth-order valence-corrected chi connectivity index (χ4v) is 3.97. The fourth-order valence-electron chi connectivity index (χ4n) is 3.97. The molecular weight excluding hydrogens is 397 g/mol. The van der Waals surface area contributed by atoms with Crippen LogP contribution in [-0.2, 0) is 11.0 Å². The molecule has 160 valence electrons. The van der Waals surface area contributed by atoms with Crippen LogP contribution in [-0.4, -0.2) is 53.5 Å². The van der Waals surface area contributed by atoms with Gasteiger partial charge in [-0.05, 0) is 12.5 Å². The number of benzene rings is 1. The molecule has 7 nitrogen and oxygen atoms in total. The lowest BCUT2D eigenvalue weighted by molar-refractivity contribution is -0.141. The summed E-state index contributed by atoms with van der Waals surface area (Å²) in [5.41, 5.74) is 7.50. The van der Waals surface area contributed by atoms with Gasteiger partial charge in [0.15, 0.2) is 0 Å². The average molecular weight is 420 g/mol. The van der Waals surface area contributed by atoms with E-state index in [0.29, 0.717) is 32.7 Å². The SMILES string of the molecule is Cc1cccc(C2NNCC2C(=O)N2CCN(c3cc(C(F)(F)F)ncn3)CC2)c1. The maximum atomic E-state index is 13.2. The van der Waals surface area contributed by atoms with E-state index in [0.717, 1.165) is 23.5 Å². The minimum Gasteiger partial charge on any atom is -0.353 e. The van der Waals surface area contributed by atoms with Gasteiger partial charge in [-0.25, -0.2) is 15.4 Å². The topological polar surface area (TPSA) is 73.4 Å². The monoisotopic (exact) mass is 420 g/mol. The highest BCUT2D eigenvalue weighted by molar-refractivity contribution is 5.80. The largest absolute Gasteiger partial charge is 0.433 e. The lowest BCUT2D eigenvalue weighted by atomic mass is 9.92. The lowest BCUT2D eigenvalue weighted by Gasteiger charge is -2.37. The van der Waals surface area contributed by atoms with Crippen molar-refractivity contribution < 1.29 is 18.0 Å². The summed E-state index contributed by atoms with van der Waals surface area (Å²) in [6.07, 6.45) is -3.58. The van der Waals surface area contributed by atoms with Gasteiger partial charge in [-0.2, -0.15) is 13.2 Å². The summed E-state index contributed by atoms with van der Waals surface area (Å²) >= 11 is 0. The second-order valence-corrected chi connectivity index (χ2v) is 7.60. The number of hydrogen-bond donors (Lipinski definition) is 2. The Kier molecular flexibility index (Phi) is 5.61. The average Bonchev–Trinajstić information content (AvgIpc) is 3.23. The number of aryl methyl sites for hydroxylation is 1. The number of nitrogens with one attached hydrogen (secondary N) is 2. The van der Waals surface area contributed by atoms with Crippen molar-refractivity contribution in [1.82, 2.24) is 25.7 Å². The second kappa shape index (κ2) is 8.19. The Morgan fingerprint density at radius 3 is 2.60 bits per heavy atom. The second-order valence-electron chi connectivity index (χ2n) is 7.60. The number of alkyl halides is 3. The predicted octanol–water partition coefficient (Wildman–Crippen LogP) is 1.92. The number of halogens is 3. The van der Waals surface area contributed by atoms with Gasteiger partial charge in [0, 0.05) is 38.8 Å². The van der Waals surface area contributed by atoms with Gasteiger partial charge in [0.25, 0.3) is 0 Å². The Hall–Kier alpha value is -2.72. The number of rotatable bonds is 3. The van der Waals surface area contributed by atoms with E-state index in [4.69, 9.17) is 0 Å². The molecule has 2 aliphatic heterocycles. The maximum Gasteiger partial charge on any atom is 0.433 e. The first-order chi connectivity index (χ1) is 14.3. The van der Waals surface area contributed by atoms with E-state index in [1.165, 1.54) is 0 Å². The van der Waals surface area contributed by atoms with Crippen molar-refractivity contribution in [3.63, 3.8) is 0 Å². The van der Waals surface area contributed by atoms with Crippen molar-refractivity contribution >= 4 is 11.7 Å². The summed E-state index contributed by atoms with van der Waals surface area (Å²) in [5, 5.41) is 0. The Morgan fingerprint density at radius 2 is 1.90 bits per heavy atom. The first-order valence-corrected chi connectivity index (χ1v) is 9.81. The number of hydrazine groups is 1. The molecule has 2 N–H and O–H groups in total. The Morgan fingerprint density at radius 1 is 1.13 bits per heavy atom. The van der Waals surface area contributed by atoms with Gasteiger partial charge >= 0.3 is 6.18 Å². The van der Waals surface area contributed by atoms with Gasteiger partial charge in [0.1, 0.15) is 17.8 Å². The summed E-state index contributed by atoms with van der Waals surface area (Å²) in [5.74, 6) is 0.0258. The number of piperazine rings is 1. The minimum atomic E-state index is -4.51. The molecule has 4 rings (SSSR count). The number of carbonyl (C=O) groups excluding carboxylic acids is 1. The van der Waals surface area contributed by atoms with Crippen molar-refractivity contribution in [3.8, 4) is 0 Å². The maximum absolute atomic E-state index is 13.2. The molecule has 2 fully saturated rings. The summed E-state index contributed by atoms with van der Waals surface area (Å²) in [4.78, 5) is 24.0. The third-order valence-electron chi connectivity index (χ3n) is 5.56. The van der Waals surface area contributed by atoms with Gasteiger partial charge in [0.2, 0.25) is 5.91 Å². The zero-order valence-electron chi connectivity index (χ0n) is 16.5. The van der Waals surface area contributed by atoms with Gasteiger partial charge < -0.3 is 9.80 Å². The number of hydrogen-bond acceptors (Lipinski definition) is 6. The molecule has 0 radical (unpaired) electrons. The quantitative estimate of drug-likeness (QED) is 0.791. The molecule has 1 aromatic carbocycles. The van der Waals surface area contributed by atoms with Crippen LogP contribution >= 0.6 is 0 Å². The summed E-state index contributed by atoms with van der Waals surface area (Å²) in [7, 11) is 0. The number of anilines is 1. The van der Waals surface area contributed by atoms with Crippen LogP contribution in [0.2, 0.25) is 0 Å². The zero-order valence-corrected chi connectivity index (χ0v) is 16.5. The molecule has 0 aliphatic carbocycles. The van der Waals surface area contributed by atoms with Crippen LogP contribution in [0.25, 0.3) is 0 Å². The predicted molar refractivity (Wildman–Crippen MR) is 104 cm³/mol. The van der Waals surface area contributed by atoms with Gasteiger partial charge in [-0.15, -0.1) is 0 Å². The van der Waals surface area contributed by atoms with Crippen LogP contribution in [0.3, 0.4) is 0 Å². The highest BCUT2D eigenvalue weighted by Crippen LogP contribution is 2.30. The first kappa shape index (κ1) is 20.5. The van der Waals surface area contributed by atoms with Crippen LogP contribution in [0.5, 0.6) is 0 Å². The van der Waals surface area contributed by atoms with Gasteiger partial charge in [-0.1, -0.05) is 29.8 Å². The van der Waals surface area contributed by atoms with Crippen molar-refractivity contribution in [2.24, 2.45) is 5.92 Å². The minimum absolute atomic E-state index is 0.0392. The molecule has 2 aromatic rings. The van der Waals surface area contributed by atoms with Crippen molar-refractivity contribution in [2.45, 2.75) is 19.1 Å². The first-order valence-electron chi connectivity index (χ1n) is 9.81. The van der Waals surface area contributed by atoms with Crippen LogP contribution < -0.4 is 15.8 Å². The smallest absolute Gasteiger partial charge is 0.353 e. The molecule has 2 aliphatic rings. The highest BCUT2D eigenvalue weighted by atomic mass is 19.4. The van der Waals surface area contributed by atoms with E-state index < -0.39 is 11.9 Å². The van der Waals surface area contributed by atoms with E-state index in [-0.39, 0.29) is 23.7 Å². The molecule has 2 atom stereocenters. The Bertz CT molecular complexity index is 913. The Labute approximate surface area is 172 Å². The van der Waals surface area contributed by atoms with Crippen LogP contribution in [0.4, 0.5) is 19.0 Å². The summed E-state index contributed by atoms with van der Waals surface area (Å²) in [6.45, 7) is 4.24. The highest BCUT2D eigenvalue weighted by Gasteiger charge is 2.38. The Balaban J connectivity index is 1.41. The molecule has 3 heterocycles. The molecule has 30 heavy (non-hydrogen) atoms. The fraction of sp³-hybridized carbons (Fsp3) is 0.450. The normalized spacial score (nSPS) is 22.4. The van der Waals surface area contributed by atoms with Gasteiger partial charge in [-0.3, -0.25) is 10.2 Å². The van der Waals surface area contributed by atoms with E-state index in [9.17, 15) is 18.0 Å².